The highest BCUT2D eigenvalue weighted by atomic mass is 32.2. The predicted molar refractivity (Wildman–Crippen MR) is 78.0 cm³/mol. The number of hydrogen-bond acceptors (Lipinski definition) is 6. The summed E-state index contributed by atoms with van der Waals surface area (Å²) < 4.78 is 5.24. The number of nitrogen functional groups attached to an aromatic ring is 1. The van der Waals surface area contributed by atoms with Gasteiger partial charge in [-0.2, -0.15) is 0 Å². The van der Waals surface area contributed by atoms with Gasteiger partial charge in [0, 0.05) is 4.90 Å². The molecule has 3 rings (SSSR count). The largest absolute Gasteiger partial charge is 0.497 e. The van der Waals surface area contributed by atoms with Gasteiger partial charge in [-0.25, -0.2) is 15.0 Å². The van der Waals surface area contributed by atoms with Gasteiger partial charge in [0.25, 0.3) is 0 Å². The molecule has 0 bridgehead atoms. The number of fused-ring (bicyclic) bond motifs is 1. The van der Waals surface area contributed by atoms with Gasteiger partial charge in [0.1, 0.15) is 17.6 Å². The number of nitrogens with one attached hydrogen (secondary N) is 1. The molecule has 7 heteroatoms. The van der Waals surface area contributed by atoms with Crippen molar-refractivity contribution in [2.45, 2.75) is 17.0 Å². The number of methoxy groups -OCH3 is 1. The molecular weight excluding hydrogens is 274 g/mol. The number of H-pyrrole nitrogens is 1. The number of aromatic nitrogens is 4. The summed E-state index contributed by atoms with van der Waals surface area (Å²) in [6.07, 6.45) is 1.41. The Labute approximate surface area is 119 Å². The van der Waals surface area contributed by atoms with Crippen LogP contribution < -0.4 is 10.5 Å². The Morgan fingerprint density at radius 1 is 1.30 bits per heavy atom. The lowest BCUT2D eigenvalue weighted by Crippen LogP contribution is -1.91. The topological polar surface area (TPSA) is 89.7 Å². The summed E-state index contributed by atoms with van der Waals surface area (Å²) in [7, 11) is 1.65. The SMILES string of the molecule is COc1ccc(C)c(Sc2nc3ncnc(N)c3[nH]2)c1. The van der Waals surface area contributed by atoms with Gasteiger partial charge in [-0.3, -0.25) is 0 Å². The van der Waals surface area contributed by atoms with Crippen LogP contribution >= 0.6 is 11.8 Å². The Morgan fingerprint density at radius 3 is 2.90 bits per heavy atom. The normalized spacial score (nSPS) is 10.9. The highest BCUT2D eigenvalue weighted by molar-refractivity contribution is 7.99. The number of anilines is 1. The van der Waals surface area contributed by atoms with Crippen LogP contribution in [0.1, 0.15) is 5.56 Å². The number of nitrogens with two attached hydrogens (primary N) is 1. The molecule has 3 aromatic rings. The number of rotatable bonds is 3. The van der Waals surface area contributed by atoms with Crippen molar-refractivity contribution in [1.82, 2.24) is 19.9 Å². The van der Waals surface area contributed by atoms with Gasteiger partial charge in [-0.1, -0.05) is 17.8 Å². The van der Waals surface area contributed by atoms with E-state index in [1.165, 1.54) is 18.1 Å². The maximum Gasteiger partial charge on any atom is 0.183 e. The van der Waals surface area contributed by atoms with Crippen molar-refractivity contribution in [3.63, 3.8) is 0 Å². The number of imidazole rings is 1. The van der Waals surface area contributed by atoms with Crippen molar-refractivity contribution < 1.29 is 4.74 Å². The fourth-order valence-corrected chi connectivity index (χ4v) is 2.69. The minimum Gasteiger partial charge on any atom is -0.497 e. The number of benzene rings is 1. The number of ether oxygens (including phenoxy) is 1. The molecule has 0 spiro atoms. The first-order chi connectivity index (χ1) is 9.67. The molecule has 0 atom stereocenters. The predicted octanol–water partition coefficient (Wildman–Crippen LogP) is 2.40. The summed E-state index contributed by atoms with van der Waals surface area (Å²) in [6, 6.07) is 5.92. The Kier molecular flexibility index (Phi) is 3.19. The van der Waals surface area contributed by atoms with E-state index in [1.54, 1.807) is 7.11 Å². The van der Waals surface area contributed by atoms with Gasteiger partial charge in [-0.15, -0.1) is 0 Å². The monoisotopic (exact) mass is 287 g/mol. The molecule has 0 fully saturated rings. The van der Waals surface area contributed by atoms with Crippen LogP contribution in [-0.4, -0.2) is 27.0 Å². The second kappa shape index (κ2) is 5.01. The Hall–Kier alpha value is -2.28. The molecule has 0 aliphatic rings. The molecule has 6 nitrogen and oxygen atoms in total. The van der Waals surface area contributed by atoms with E-state index in [2.05, 4.69) is 19.9 Å². The number of hydrogen-bond donors (Lipinski definition) is 2. The van der Waals surface area contributed by atoms with E-state index in [4.69, 9.17) is 10.5 Å². The first kappa shape index (κ1) is 12.7. The lowest BCUT2D eigenvalue weighted by atomic mass is 10.2. The Bertz CT molecular complexity index is 771. The van der Waals surface area contributed by atoms with E-state index in [0.717, 1.165) is 21.4 Å². The zero-order chi connectivity index (χ0) is 14.1. The van der Waals surface area contributed by atoms with Gasteiger partial charge >= 0.3 is 0 Å². The zero-order valence-electron chi connectivity index (χ0n) is 11.0. The van der Waals surface area contributed by atoms with Crippen molar-refractivity contribution in [3.05, 3.63) is 30.1 Å². The van der Waals surface area contributed by atoms with Gasteiger partial charge in [0.2, 0.25) is 0 Å². The van der Waals surface area contributed by atoms with Crippen LogP contribution in [0, 0.1) is 6.92 Å². The molecule has 0 aliphatic heterocycles. The molecule has 0 amide bonds. The van der Waals surface area contributed by atoms with E-state index in [0.29, 0.717) is 17.0 Å². The molecule has 20 heavy (non-hydrogen) atoms. The molecule has 0 saturated heterocycles. The smallest absolute Gasteiger partial charge is 0.183 e. The Morgan fingerprint density at radius 2 is 2.15 bits per heavy atom. The third kappa shape index (κ3) is 2.27. The van der Waals surface area contributed by atoms with E-state index < -0.39 is 0 Å². The van der Waals surface area contributed by atoms with Gasteiger partial charge in [0.15, 0.2) is 16.6 Å². The molecule has 0 saturated carbocycles. The molecule has 102 valence electrons. The van der Waals surface area contributed by atoms with Crippen LogP contribution in [0.2, 0.25) is 0 Å². The first-order valence-corrected chi connectivity index (χ1v) is 6.77. The summed E-state index contributed by atoms with van der Waals surface area (Å²) in [5.74, 6) is 1.21. The van der Waals surface area contributed by atoms with E-state index in [-0.39, 0.29) is 0 Å². The first-order valence-electron chi connectivity index (χ1n) is 5.96. The average molecular weight is 287 g/mol. The van der Waals surface area contributed by atoms with Gasteiger partial charge in [-0.05, 0) is 24.6 Å². The third-order valence-electron chi connectivity index (χ3n) is 2.90. The minimum atomic E-state index is 0.400. The van der Waals surface area contributed by atoms with E-state index >= 15 is 0 Å². The number of nitrogens with zero attached hydrogens (tertiary/aromatic N) is 3. The third-order valence-corrected chi connectivity index (χ3v) is 3.94. The van der Waals surface area contributed by atoms with Crippen molar-refractivity contribution >= 4 is 28.7 Å². The summed E-state index contributed by atoms with van der Waals surface area (Å²) >= 11 is 1.51. The van der Waals surface area contributed by atoms with Gasteiger partial charge < -0.3 is 15.5 Å². The quantitative estimate of drug-likeness (QED) is 0.769. The lowest BCUT2D eigenvalue weighted by molar-refractivity contribution is 0.413. The van der Waals surface area contributed by atoms with Crippen LogP contribution in [0.15, 0.2) is 34.6 Å². The molecule has 0 unspecified atom stereocenters. The maximum absolute atomic E-state index is 5.79. The van der Waals surface area contributed by atoms with Crippen molar-refractivity contribution in [3.8, 4) is 5.75 Å². The fourth-order valence-electron chi connectivity index (χ4n) is 1.80. The Balaban J connectivity index is 1.99. The van der Waals surface area contributed by atoms with Crippen LogP contribution in [-0.2, 0) is 0 Å². The molecule has 1 aromatic carbocycles. The van der Waals surface area contributed by atoms with Crippen LogP contribution in [0.4, 0.5) is 5.82 Å². The van der Waals surface area contributed by atoms with E-state index in [9.17, 15) is 0 Å². The summed E-state index contributed by atoms with van der Waals surface area (Å²) in [4.78, 5) is 16.6. The van der Waals surface area contributed by atoms with Crippen LogP contribution in [0.25, 0.3) is 11.2 Å². The molecule has 3 N–H and O–H groups in total. The molecule has 2 aromatic heterocycles. The molecular formula is C13H13N5OS. The average Bonchev–Trinajstić information content (AvgIpc) is 2.85. The second-order valence-electron chi connectivity index (χ2n) is 4.23. The molecule has 2 heterocycles. The fraction of sp³-hybridized carbons (Fsp3) is 0.154. The summed E-state index contributed by atoms with van der Waals surface area (Å²) in [5.41, 5.74) is 8.17. The summed E-state index contributed by atoms with van der Waals surface area (Å²) in [5, 5.41) is 0.726. The van der Waals surface area contributed by atoms with Crippen LogP contribution in [0.3, 0.4) is 0 Å². The van der Waals surface area contributed by atoms with E-state index in [1.807, 2.05) is 25.1 Å². The highest BCUT2D eigenvalue weighted by Gasteiger charge is 2.10. The minimum absolute atomic E-state index is 0.400. The standard InChI is InChI=1S/C13H13N5OS/c1-7-3-4-8(19-2)5-9(7)20-13-17-10-11(14)15-6-16-12(10)18-13/h3-6H,1-2H3,(H3,14,15,16,17,18). The summed E-state index contributed by atoms with van der Waals surface area (Å²) in [6.45, 7) is 2.04. The molecule has 0 aliphatic carbocycles. The second-order valence-corrected chi connectivity index (χ2v) is 5.26. The maximum atomic E-state index is 5.79. The number of aromatic amines is 1. The number of aryl methyl sites for hydroxylation is 1. The van der Waals surface area contributed by atoms with Crippen molar-refractivity contribution in [2.75, 3.05) is 12.8 Å². The highest BCUT2D eigenvalue weighted by Crippen LogP contribution is 2.32. The molecule has 0 radical (unpaired) electrons. The lowest BCUT2D eigenvalue weighted by Gasteiger charge is -2.06. The van der Waals surface area contributed by atoms with Crippen LogP contribution in [0.5, 0.6) is 5.75 Å². The van der Waals surface area contributed by atoms with Crippen molar-refractivity contribution in [1.29, 1.82) is 0 Å². The van der Waals surface area contributed by atoms with Crippen molar-refractivity contribution in [2.24, 2.45) is 0 Å². The van der Waals surface area contributed by atoms with Gasteiger partial charge in [0.05, 0.1) is 7.11 Å². The zero-order valence-corrected chi connectivity index (χ0v) is 11.9.